The molecule has 0 aliphatic carbocycles. The Morgan fingerprint density at radius 3 is 2.19 bits per heavy atom. The maximum atomic E-state index is 14.0. The van der Waals surface area contributed by atoms with Crippen molar-refractivity contribution in [3.05, 3.63) is 101 Å². The summed E-state index contributed by atoms with van der Waals surface area (Å²) in [5.74, 6) is 0.759. The highest BCUT2D eigenvalue weighted by Gasteiger charge is 2.44. The molecule has 0 bridgehead atoms. The summed E-state index contributed by atoms with van der Waals surface area (Å²) in [7, 11) is 1.56. The second kappa shape index (κ2) is 10.8. The molecule has 6 heteroatoms. The van der Waals surface area contributed by atoms with Crippen molar-refractivity contribution in [2.45, 2.75) is 43.7 Å². The van der Waals surface area contributed by atoms with Crippen molar-refractivity contribution in [1.82, 2.24) is 9.80 Å². The van der Waals surface area contributed by atoms with E-state index in [1.165, 1.54) is 5.56 Å². The van der Waals surface area contributed by atoms with Gasteiger partial charge in [-0.1, -0.05) is 66.7 Å². The average Bonchev–Trinajstić information content (AvgIpc) is 3.61. The Morgan fingerprint density at radius 2 is 1.57 bits per heavy atom. The molecule has 3 aromatic rings. The summed E-state index contributed by atoms with van der Waals surface area (Å²) in [6.07, 6.45) is 1.54. The van der Waals surface area contributed by atoms with Gasteiger partial charge < -0.3 is 20.3 Å². The number of benzene rings is 3. The SMILES string of the molecule is COc1ccc(C(C)N)cc1C(=O)N1CC(c2ccccc2)CC1C(=O)N1CCC(c2ccccc2)C1. The van der Waals surface area contributed by atoms with Gasteiger partial charge in [-0.15, -0.1) is 0 Å². The highest BCUT2D eigenvalue weighted by Crippen LogP contribution is 2.37. The lowest BCUT2D eigenvalue weighted by atomic mass is 9.96. The first-order chi connectivity index (χ1) is 18.0. The van der Waals surface area contributed by atoms with E-state index >= 15 is 0 Å². The van der Waals surface area contributed by atoms with Gasteiger partial charge in [-0.3, -0.25) is 9.59 Å². The zero-order chi connectivity index (χ0) is 25.9. The van der Waals surface area contributed by atoms with Crippen LogP contribution in [-0.4, -0.2) is 54.4 Å². The van der Waals surface area contributed by atoms with Gasteiger partial charge >= 0.3 is 0 Å². The van der Waals surface area contributed by atoms with E-state index in [1.54, 1.807) is 18.1 Å². The number of hydrogen-bond donors (Lipinski definition) is 1. The van der Waals surface area contributed by atoms with Crippen LogP contribution < -0.4 is 10.5 Å². The van der Waals surface area contributed by atoms with Gasteiger partial charge in [0.2, 0.25) is 5.91 Å². The second-order valence-electron chi connectivity index (χ2n) is 10.2. The maximum Gasteiger partial charge on any atom is 0.258 e. The Labute approximate surface area is 219 Å². The molecule has 2 amide bonds. The molecular weight excluding hydrogens is 462 g/mol. The van der Waals surface area contributed by atoms with Crippen LogP contribution in [0, 0.1) is 0 Å². The Morgan fingerprint density at radius 1 is 0.919 bits per heavy atom. The third kappa shape index (κ3) is 5.12. The number of ether oxygens (including phenoxy) is 1. The van der Waals surface area contributed by atoms with Crippen LogP contribution in [0.1, 0.15) is 64.7 Å². The molecule has 192 valence electrons. The molecule has 37 heavy (non-hydrogen) atoms. The number of nitrogens with zero attached hydrogens (tertiary/aromatic N) is 2. The number of amides is 2. The number of hydrogen-bond acceptors (Lipinski definition) is 4. The highest BCUT2D eigenvalue weighted by atomic mass is 16.5. The largest absolute Gasteiger partial charge is 0.496 e. The summed E-state index contributed by atoms with van der Waals surface area (Å²) in [5.41, 5.74) is 9.84. The molecule has 2 fully saturated rings. The van der Waals surface area contributed by atoms with Crippen LogP contribution in [0.2, 0.25) is 0 Å². The topological polar surface area (TPSA) is 75.9 Å². The van der Waals surface area contributed by atoms with Gasteiger partial charge in [-0.05, 0) is 48.6 Å². The molecule has 4 unspecified atom stereocenters. The first-order valence-electron chi connectivity index (χ1n) is 13.1. The van der Waals surface area contributed by atoms with Crippen molar-refractivity contribution in [3.63, 3.8) is 0 Å². The Bertz CT molecular complexity index is 1250. The lowest BCUT2D eigenvalue weighted by Gasteiger charge is -2.28. The molecule has 2 aliphatic heterocycles. The van der Waals surface area contributed by atoms with Crippen LogP contribution >= 0.6 is 0 Å². The standard InChI is InChI=1S/C31H35N3O3/c1-21(32)24-13-14-29(37-2)27(17-24)30(35)34-20-26(23-11-7-4-8-12-23)18-28(34)31(36)33-16-15-25(19-33)22-9-5-3-6-10-22/h3-14,17,21,25-26,28H,15-16,18-20,32H2,1-2H3. The first kappa shape index (κ1) is 25.0. The van der Waals surface area contributed by atoms with E-state index in [0.29, 0.717) is 43.3 Å². The number of nitrogens with two attached hydrogens (primary N) is 1. The Kier molecular flexibility index (Phi) is 7.28. The van der Waals surface area contributed by atoms with E-state index in [9.17, 15) is 9.59 Å². The fourth-order valence-electron chi connectivity index (χ4n) is 5.76. The molecule has 2 saturated heterocycles. The predicted molar refractivity (Wildman–Crippen MR) is 145 cm³/mol. The summed E-state index contributed by atoms with van der Waals surface area (Å²) in [4.78, 5) is 31.7. The van der Waals surface area contributed by atoms with Crippen molar-refractivity contribution in [2.75, 3.05) is 26.7 Å². The van der Waals surface area contributed by atoms with Gasteiger partial charge in [0.1, 0.15) is 11.8 Å². The molecule has 0 aromatic heterocycles. The van der Waals surface area contributed by atoms with E-state index in [2.05, 4.69) is 24.3 Å². The lowest BCUT2D eigenvalue weighted by Crippen LogP contribution is -2.47. The number of carbonyl (C=O) groups excluding carboxylic acids is 2. The minimum atomic E-state index is -0.518. The van der Waals surface area contributed by atoms with E-state index in [4.69, 9.17) is 10.5 Å². The van der Waals surface area contributed by atoms with Crippen molar-refractivity contribution in [2.24, 2.45) is 5.73 Å². The van der Waals surface area contributed by atoms with Gasteiger partial charge in [-0.2, -0.15) is 0 Å². The van der Waals surface area contributed by atoms with E-state index in [0.717, 1.165) is 17.5 Å². The first-order valence-corrected chi connectivity index (χ1v) is 13.1. The summed E-state index contributed by atoms with van der Waals surface area (Å²) >= 11 is 0. The summed E-state index contributed by atoms with van der Waals surface area (Å²) in [6, 6.07) is 25.3. The number of likely N-dealkylation sites (tertiary alicyclic amines) is 2. The maximum absolute atomic E-state index is 14.0. The number of carbonyl (C=O) groups is 2. The summed E-state index contributed by atoms with van der Waals surface area (Å²) in [5, 5.41) is 0. The Hall–Kier alpha value is -3.64. The molecule has 2 aliphatic rings. The molecule has 0 radical (unpaired) electrons. The van der Waals surface area contributed by atoms with Crippen molar-refractivity contribution >= 4 is 11.8 Å². The summed E-state index contributed by atoms with van der Waals surface area (Å²) < 4.78 is 5.55. The molecule has 2 heterocycles. The van der Waals surface area contributed by atoms with Crippen LogP contribution in [-0.2, 0) is 4.79 Å². The Balaban J connectivity index is 1.44. The lowest BCUT2D eigenvalue weighted by molar-refractivity contribution is -0.134. The molecule has 6 nitrogen and oxygen atoms in total. The molecule has 5 rings (SSSR count). The zero-order valence-electron chi connectivity index (χ0n) is 21.5. The molecule has 3 aromatic carbocycles. The van der Waals surface area contributed by atoms with Gasteiger partial charge in [0.25, 0.3) is 5.91 Å². The van der Waals surface area contributed by atoms with E-state index in [-0.39, 0.29) is 23.8 Å². The highest BCUT2D eigenvalue weighted by molar-refractivity contribution is 6.00. The van der Waals surface area contributed by atoms with Gasteiger partial charge in [0.05, 0.1) is 12.7 Å². The fraction of sp³-hybridized carbons (Fsp3) is 0.355. The fourth-order valence-corrected chi connectivity index (χ4v) is 5.76. The quantitative estimate of drug-likeness (QED) is 0.534. The van der Waals surface area contributed by atoms with Crippen LogP contribution in [0.25, 0.3) is 0 Å². The van der Waals surface area contributed by atoms with Gasteiger partial charge in [0, 0.05) is 37.5 Å². The second-order valence-corrected chi connectivity index (χ2v) is 10.2. The third-order valence-corrected chi connectivity index (χ3v) is 7.87. The molecule has 2 N–H and O–H groups in total. The smallest absolute Gasteiger partial charge is 0.258 e. The minimum absolute atomic E-state index is 0.0347. The van der Waals surface area contributed by atoms with Crippen molar-refractivity contribution in [3.8, 4) is 5.75 Å². The molecule has 4 atom stereocenters. The molecule has 0 saturated carbocycles. The predicted octanol–water partition coefficient (Wildman–Crippen LogP) is 4.73. The van der Waals surface area contributed by atoms with Gasteiger partial charge in [0.15, 0.2) is 0 Å². The summed E-state index contributed by atoms with van der Waals surface area (Å²) in [6.45, 7) is 3.76. The third-order valence-electron chi connectivity index (χ3n) is 7.87. The molecular formula is C31H35N3O3. The van der Waals surface area contributed by atoms with E-state index in [1.807, 2.05) is 60.4 Å². The zero-order valence-corrected chi connectivity index (χ0v) is 21.5. The number of methoxy groups -OCH3 is 1. The van der Waals surface area contributed by atoms with Crippen LogP contribution in [0.5, 0.6) is 5.75 Å². The average molecular weight is 498 g/mol. The normalized spacial score (nSPS) is 22.2. The van der Waals surface area contributed by atoms with Crippen LogP contribution in [0.15, 0.2) is 78.9 Å². The number of rotatable bonds is 6. The van der Waals surface area contributed by atoms with Gasteiger partial charge in [-0.25, -0.2) is 0 Å². The van der Waals surface area contributed by atoms with Crippen molar-refractivity contribution < 1.29 is 14.3 Å². The van der Waals surface area contributed by atoms with Crippen molar-refractivity contribution in [1.29, 1.82) is 0 Å². The van der Waals surface area contributed by atoms with Crippen LogP contribution in [0.3, 0.4) is 0 Å². The van der Waals surface area contributed by atoms with Crippen LogP contribution in [0.4, 0.5) is 0 Å². The molecule has 0 spiro atoms. The van der Waals surface area contributed by atoms with E-state index < -0.39 is 6.04 Å². The monoisotopic (exact) mass is 497 g/mol. The minimum Gasteiger partial charge on any atom is -0.496 e.